The lowest BCUT2D eigenvalue weighted by Gasteiger charge is -2.32. The molecule has 0 saturated heterocycles. The molecule has 1 unspecified atom stereocenters. The van der Waals surface area contributed by atoms with E-state index < -0.39 is 6.10 Å². The second-order valence-corrected chi connectivity index (χ2v) is 5.17. The number of benzene rings is 2. The summed E-state index contributed by atoms with van der Waals surface area (Å²) >= 11 is 0. The second-order valence-electron chi connectivity index (χ2n) is 5.17. The molecular weight excluding hydrogens is 282 g/mol. The van der Waals surface area contributed by atoms with Crippen molar-refractivity contribution in [1.82, 2.24) is 0 Å². The number of aromatic hydroxyl groups is 1. The van der Waals surface area contributed by atoms with Gasteiger partial charge < -0.3 is 19.5 Å². The van der Waals surface area contributed by atoms with Crippen LogP contribution >= 0.6 is 0 Å². The summed E-state index contributed by atoms with van der Waals surface area (Å²) in [5.74, 6) is 1.21. The number of methoxy groups -OCH3 is 1. The lowest BCUT2D eigenvalue weighted by atomic mass is 10.0. The summed E-state index contributed by atoms with van der Waals surface area (Å²) < 4.78 is 11.1. The van der Waals surface area contributed by atoms with Crippen molar-refractivity contribution >= 4 is 11.6 Å². The van der Waals surface area contributed by atoms with Crippen LogP contribution in [0.2, 0.25) is 0 Å². The van der Waals surface area contributed by atoms with Gasteiger partial charge in [0.1, 0.15) is 17.2 Å². The van der Waals surface area contributed by atoms with Crippen LogP contribution in [-0.2, 0) is 11.2 Å². The Kier molecular flexibility index (Phi) is 3.63. The summed E-state index contributed by atoms with van der Waals surface area (Å²) in [6.07, 6.45) is -0.238. The van der Waals surface area contributed by atoms with Crippen molar-refractivity contribution < 1.29 is 19.4 Å². The third-order valence-electron chi connectivity index (χ3n) is 3.78. The van der Waals surface area contributed by atoms with Gasteiger partial charge in [-0.2, -0.15) is 0 Å². The first-order valence-electron chi connectivity index (χ1n) is 6.99. The summed E-state index contributed by atoms with van der Waals surface area (Å²) in [7, 11) is 3.30. The van der Waals surface area contributed by atoms with Crippen LogP contribution in [0.5, 0.6) is 17.2 Å². The Balaban J connectivity index is 1.91. The average molecular weight is 299 g/mol. The predicted octanol–water partition coefficient (Wildman–Crippen LogP) is 2.37. The average Bonchev–Trinajstić information content (AvgIpc) is 2.52. The number of hydrogen-bond donors (Lipinski definition) is 1. The first kappa shape index (κ1) is 14.3. The molecule has 0 saturated carbocycles. The number of carbonyl (C=O) groups excluding carboxylic acids is 1. The fraction of sp³-hybridized carbons (Fsp3) is 0.235. The standard InChI is InChI=1S/C17H17NO4/c1-18-13-8-7-12(19)10-15(13)22-16(17(18)20)9-11-5-3-4-6-14(11)21-2/h3-8,10,16,19H,9H2,1-2H3. The van der Waals surface area contributed by atoms with Crippen LogP contribution in [0.15, 0.2) is 42.5 Å². The molecule has 0 aromatic heterocycles. The first-order valence-corrected chi connectivity index (χ1v) is 6.99. The molecule has 1 aliphatic heterocycles. The number of para-hydroxylation sites is 1. The predicted molar refractivity (Wildman–Crippen MR) is 82.6 cm³/mol. The van der Waals surface area contributed by atoms with Gasteiger partial charge >= 0.3 is 0 Å². The fourth-order valence-electron chi connectivity index (χ4n) is 2.61. The lowest BCUT2D eigenvalue weighted by molar-refractivity contribution is -0.125. The zero-order chi connectivity index (χ0) is 15.7. The van der Waals surface area contributed by atoms with Crippen LogP contribution in [0.1, 0.15) is 5.56 Å². The highest BCUT2D eigenvalue weighted by Crippen LogP contribution is 2.36. The minimum absolute atomic E-state index is 0.109. The van der Waals surface area contributed by atoms with Crippen LogP contribution in [0.4, 0.5) is 5.69 Å². The second kappa shape index (κ2) is 5.60. The number of carbonyl (C=O) groups is 1. The Morgan fingerprint density at radius 1 is 1.27 bits per heavy atom. The van der Waals surface area contributed by atoms with Gasteiger partial charge in [0, 0.05) is 19.5 Å². The Morgan fingerprint density at radius 2 is 2.05 bits per heavy atom. The van der Waals surface area contributed by atoms with E-state index in [0.717, 1.165) is 11.3 Å². The highest BCUT2D eigenvalue weighted by atomic mass is 16.5. The topological polar surface area (TPSA) is 59.0 Å². The smallest absolute Gasteiger partial charge is 0.268 e. The molecule has 22 heavy (non-hydrogen) atoms. The summed E-state index contributed by atoms with van der Waals surface area (Å²) in [6.45, 7) is 0. The normalized spacial score (nSPS) is 16.9. The molecule has 5 nitrogen and oxygen atoms in total. The molecule has 1 atom stereocenters. The summed E-state index contributed by atoms with van der Waals surface area (Å²) in [6, 6.07) is 12.3. The number of anilines is 1. The number of likely N-dealkylation sites (N-methyl/N-ethyl adjacent to an activating group) is 1. The highest BCUT2D eigenvalue weighted by molar-refractivity contribution is 5.99. The molecule has 1 heterocycles. The van der Waals surface area contributed by atoms with Crippen LogP contribution in [-0.4, -0.2) is 31.3 Å². The van der Waals surface area contributed by atoms with Gasteiger partial charge in [-0.15, -0.1) is 0 Å². The fourth-order valence-corrected chi connectivity index (χ4v) is 2.61. The molecular formula is C17H17NO4. The Labute approximate surface area is 128 Å². The van der Waals surface area contributed by atoms with Crippen LogP contribution in [0.3, 0.4) is 0 Å². The van der Waals surface area contributed by atoms with Crippen molar-refractivity contribution in [2.45, 2.75) is 12.5 Å². The van der Waals surface area contributed by atoms with Crippen LogP contribution in [0, 0.1) is 0 Å². The van der Waals surface area contributed by atoms with Crippen molar-refractivity contribution in [2.75, 3.05) is 19.1 Å². The van der Waals surface area contributed by atoms with Crippen LogP contribution < -0.4 is 14.4 Å². The van der Waals surface area contributed by atoms with Crippen molar-refractivity contribution in [1.29, 1.82) is 0 Å². The summed E-state index contributed by atoms with van der Waals surface area (Å²) in [4.78, 5) is 14.0. The largest absolute Gasteiger partial charge is 0.508 e. The number of hydrogen-bond acceptors (Lipinski definition) is 4. The summed E-state index contributed by atoms with van der Waals surface area (Å²) in [5, 5.41) is 9.60. The van der Waals surface area contributed by atoms with Gasteiger partial charge in [0.05, 0.1) is 12.8 Å². The van der Waals surface area contributed by atoms with E-state index in [1.54, 1.807) is 25.1 Å². The minimum atomic E-state index is -0.643. The molecule has 1 aliphatic rings. The van der Waals surface area contributed by atoms with Gasteiger partial charge in [0.15, 0.2) is 6.10 Å². The molecule has 2 aromatic carbocycles. The SMILES string of the molecule is COc1ccccc1CC1Oc2cc(O)ccc2N(C)C1=O. The first-order chi connectivity index (χ1) is 10.6. The molecule has 0 spiro atoms. The van der Waals surface area contributed by atoms with E-state index in [2.05, 4.69) is 0 Å². The quantitative estimate of drug-likeness (QED) is 0.945. The van der Waals surface area contributed by atoms with Gasteiger partial charge in [-0.05, 0) is 23.8 Å². The zero-order valence-electron chi connectivity index (χ0n) is 12.4. The van der Waals surface area contributed by atoms with E-state index in [1.165, 1.54) is 12.1 Å². The van der Waals surface area contributed by atoms with E-state index >= 15 is 0 Å². The molecule has 0 aliphatic carbocycles. The maximum atomic E-state index is 12.5. The monoisotopic (exact) mass is 299 g/mol. The number of nitrogens with zero attached hydrogens (tertiary/aromatic N) is 1. The number of fused-ring (bicyclic) bond motifs is 1. The van der Waals surface area contributed by atoms with E-state index in [9.17, 15) is 9.90 Å². The molecule has 3 rings (SSSR count). The molecule has 114 valence electrons. The van der Waals surface area contributed by atoms with E-state index in [0.29, 0.717) is 17.9 Å². The third-order valence-corrected chi connectivity index (χ3v) is 3.78. The van der Waals surface area contributed by atoms with Crippen molar-refractivity contribution in [2.24, 2.45) is 0 Å². The van der Waals surface area contributed by atoms with E-state index in [-0.39, 0.29) is 11.7 Å². The number of ether oxygens (including phenoxy) is 2. The number of amides is 1. The number of rotatable bonds is 3. The van der Waals surface area contributed by atoms with Crippen molar-refractivity contribution in [3.8, 4) is 17.2 Å². The van der Waals surface area contributed by atoms with Crippen LogP contribution in [0.25, 0.3) is 0 Å². The zero-order valence-corrected chi connectivity index (χ0v) is 12.4. The van der Waals surface area contributed by atoms with Crippen molar-refractivity contribution in [3.63, 3.8) is 0 Å². The number of phenolic OH excluding ortho intramolecular Hbond substituents is 1. The third kappa shape index (κ3) is 2.45. The van der Waals surface area contributed by atoms with Crippen molar-refractivity contribution in [3.05, 3.63) is 48.0 Å². The maximum Gasteiger partial charge on any atom is 0.268 e. The van der Waals surface area contributed by atoms with Gasteiger partial charge in [-0.3, -0.25) is 4.79 Å². The molecule has 2 aromatic rings. The van der Waals surface area contributed by atoms with Gasteiger partial charge in [-0.25, -0.2) is 0 Å². The van der Waals surface area contributed by atoms with Gasteiger partial charge in [0.25, 0.3) is 5.91 Å². The Bertz CT molecular complexity index is 714. The Hall–Kier alpha value is -2.69. The van der Waals surface area contributed by atoms with E-state index in [1.807, 2.05) is 24.3 Å². The molecule has 0 bridgehead atoms. The highest BCUT2D eigenvalue weighted by Gasteiger charge is 2.33. The minimum Gasteiger partial charge on any atom is -0.508 e. The Morgan fingerprint density at radius 3 is 2.82 bits per heavy atom. The van der Waals surface area contributed by atoms with Gasteiger partial charge in [0.2, 0.25) is 0 Å². The summed E-state index contributed by atoms with van der Waals surface area (Å²) in [5.41, 5.74) is 1.56. The maximum absolute atomic E-state index is 12.5. The number of phenols is 1. The molecule has 0 radical (unpaired) electrons. The molecule has 1 N–H and O–H groups in total. The van der Waals surface area contributed by atoms with Gasteiger partial charge in [-0.1, -0.05) is 18.2 Å². The molecule has 1 amide bonds. The van der Waals surface area contributed by atoms with E-state index in [4.69, 9.17) is 9.47 Å². The molecule has 5 heteroatoms. The molecule has 0 fully saturated rings. The lowest BCUT2D eigenvalue weighted by Crippen LogP contribution is -2.44.